The highest BCUT2D eigenvalue weighted by Crippen LogP contribution is 2.44. The van der Waals surface area contributed by atoms with Crippen LogP contribution in [0.4, 0.5) is 0 Å². The van der Waals surface area contributed by atoms with E-state index < -0.39 is 28.5 Å². The summed E-state index contributed by atoms with van der Waals surface area (Å²) in [5.74, 6) is -0.333. The Balaban J connectivity index is 3.04. The number of ether oxygens (including phenoxy) is 2. The first-order valence-electron chi connectivity index (χ1n) is 9.98. The van der Waals surface area contributed by atoms with E-state index in [9.17, 15) is 4.79 Å². The molecule has 1 heterocycles. The lowest BCUT2D eigenvalue weighted by Crippen LogP contribution is -2.53. The highest BCUT2D eigenvalue weighted by atomic mass is 28.4. The average molecular weight is 419 g/mol. The lowest BCUT2D eigenvalue weighted by molar-refractivity contribution is -0.190. The SMILES string of the molecule is CC(=O)O[C@@H]1C[C@@H](O[Si](C)(C)C(C)(C)C)[C@@](C)(CO[Si](C)(C)C(C)(C)C)O1. The molecule has 0 aromatic carbocycles. The molecular weight excluding hydrogens is 376 g/mol. The summed E-state index contributed by atoms with van der Waals surface area (Å²) < 4.78 is 24.7. The minimum Gasteiger partial charge on any atom is -0.436 e. The number of hydrogen-bond acceptors (Lipinski definition) is 5. The molecule has 27 heavy (non-hydrogen) atoms. The van der Waals surface area contributed by atoms with Crippen molar-refractivity contribution >= 4 is 22.6 Å². The van der Waals surface area contributed by atoms with Gasteiger partial charge in [0.25, 0.3) is 0 Å². The largest absolute Gasteiger partial charge is 0.436 e. The second-order valence-electron chi connectivity index (χ2n) is 11.1. The highest BCUT2D eigenvalue weighted by Gasteiger charge is 2.52. The predicted molar refractivity (Wildman–Crippen MR) is 115 cm³/mol. The molecule has 3 atom stereocenters. The van der Waals surface area contributed by atoms with Gasteiger partial charge >= 0.3 is 5.97 Å². The Kier molecular flexibility index (Phi) is 7.26. The van der Waals surface area contributed by atoms with Gasteiger partial charge in [-0.25, -0.2) is 0 Å². The van der Waals surface area contributed by atoms with Gasteiger partial charge in [0.2, 0.25) is 6.29 Å². The Bertz CT molecular complexity index is 533. The molecule has 0 unspecified atom stereocenters. The molecule has 0 saturated carbocycles. The van der Waals surface area contributed by atoms with Crippen LogP contribution in [-0.2, 0) is 23.1 Å². The van der Waals surface area contributed by atoms with Crippen LogP contribution in [0.1, 0.15) is 61.8 Å². The molecule has 1 aliphatic heterocycles. The third-order valence-electron chi connectivity index (χ3n) is 6.55. The third kappa shape index (κ3) is 6.13. The van der Waals surface area contributed by atoms with Crippen molar-refractivity contribution in [1.29, 1.82) is 0 Å². The molecule has 0 aliphatic carbocycles. The molecule has 0 aromatic rings. The Labute approximate surface area is 168 Å². The fourth-order valence-electron chi connectivity index (χ4n) is 2.48. The monoisotopic (exact) mass is 418 g/mol. The van der Waals surface area contributed by atoms with Crippen molar-refractivity contribution in [1.82, 2.24) is 0 Å². The fraction of sp³-hybridized carbons (Fsp3) is 0.950. The second-order valence-corrected chi connectivity index (χ2v) is 20.7. The van der Waals surface area contributed by atoms with Crippen LogP contribution < -0.4 is 0 Å². The van der Waals surface area contributed by atoms with E-state index in [2.05, 4.69) is 67.7 Å². The summed E-state index contributed by atoms with van der Waals surface area (Å²) in [5, 5.41) is 0.209. The normalized spacial score (nSPS) is 27.7. The molecular formula is C20H42O5Si2. The van der Waals surface area contributed by atoms with Crippen molar-refractivity contribution in [3.05, 3.63) is 0 Å². The van der Waals surface area contributed by atoms with Crippen molar-refractivity contribution in [2.75, 3.05) is 6.61 Å². The van der Waals surface area contributed by atoms with Crippen LogP contribution in [0.3, 0.4) is 0 Å². The summed E-state index contributed by atoms with van der Waals surface area (Å²) in [6, 6.07) is 0. The Hall–Kier alpha value is -0.216. The van der Waals surface area contributed by atoms with Gasteiger partial charge in [-0.1, -0.05) is 41.5 Å². The maximum Gasteiger partial charge on any atom is 0.304 e. The molecule has 5 nitrogen and oxygen atoms in total. The van der Waals surface area contributed by atoms with E-state index >= 15 is 0 Å². The van der Waals surface area contributed by atoms with E-state index in [1.807, 2.05) is 6.92 Å². The third-order valence-corrected chi connectivity index (χ3v) is 15.5. The molecule has 0 aromatic heterocycles. The van der Waals surface area contributed by atoms with Gasteiger partial charge in [-0.15, -0.1) is 0 Å². The summed E-state index contributed by atoms with van der Waals surface area (Å²) in [5.41, 5.74) is -0.634. The average Bonchev–Trinajstić information content (AvgIpc) is 2.69. The Morgan fingerprint density at radius 1 is 1.04 bits per heavy atom. The summed E-state index contributed by atoms with van der Waals surface area (Å²) in [4.78, 5) is 11.5. The Morgan fingerprint density at radius 2 is 1.52 bits per heavy atom. The van der Waals surface area contributed by atoms with Crippen molar-refractivity contribution < 1.29 is 23.1 Å². The van der Waals surface area contributed by atoms with Crippen LogP contribution in [0.2, 0.25) is 36.3 Å². The van der Waals surface area contributed by atoms with Crippen molar-refractivity contribution in [2.45, 2.75) is 116 Å². The molecule has 1 fully saturated rings. The van der Waals surface area contributed by atoms with Crippen molar-refractivity contribution in [3.63, 3.8) is 0 Å². The lowest BCUT2D eigenvalue weighted by Gasteiger charge is -2.43. The first kappa shape index (κ1) is 24.8. The zero-order valence-corrected chi connectivity index (χ0v) is 21.6. The van der Waals surface area contributed by atoms with Crippen LogP contribution in [0, 0.1) is 0 Å². The molecule has 7 heteroatoms. The zero-order chi connectivity index (χ0) is 21.5. The van der Waals surface area contributed by atoms with Gasteiger partial charge in [0.15, 0.2) is 16.6 Å². The smallest absolute Gasteiger partial charge is 0.304 e. The van der Waals surface area contributed by atoms with Gasteiger partial charge in [0.05, 0.1) is 12.7 Å². The van der Waals surface area contributed by atoms with Crippen LogP contribution in [0.15, 0.2) is 0 Å². The second kappa shape index (κ2) is 7.90. The van der Waals surface area contributed by atoms with Crippen LogP contribution in [-0.4, -0.2) is 47.2 Å². The van der Waals surface area contributed by atoms with Crippen molar-refractivity contribution in [3.8, 4) is 0 Å². The molecule has 160 valence electrons. The molecule has 0 N–H and O–H groups in total. The van der Waals surface area contributed by atoms with Gasteiger partial charge in [0, 0.05) is 13.3 Å². The van der Waals surface area contributed by atoms with Gasteiger partial charge < -0.3 is 18.3 Å². The minimum absolute atomic E-state index is 0.0910. The quantitative estimate of drug-likeness (QED) is 0.423. The number of esters is 1. The van der Waals surface area contributed by atoms with Crippen molar-refractivity contribution in [2.24, 2.45) is 0 Å². The summed E-state index contributed by atoms with van der Waals surface area (Å²) in [6.07, 6.45) is -0.193. The van der Waals surface area contributed by atoms with E-state index in [1.165, 1.54) is 6.92 Å². The summed E-state index contributed by atoms with van der Waals surface area (Å²) >= 11 is 0. The number of carbonyl (C=O) groups is 1. The van der Waals surface area contributed by atoms with E-state index in [-0.39, 0.29) is 22.1 Å². The molecule has 1 aliphatic rings. The number of hydrogen-bond donors (Lipinski definition) is 0. The lowest BCUT2D eigenvalue weighted by atomic mass is 10.0. The molecule has 0 radical (unpaired) electrons. The van der Waals surface area contributed by atoms with Gasteiger partial charge in [-0.05, 0) is 43.2 Å². The summed E-state index contributed by atoms with van der Waals surface area (Å²) in [7, 11) is -3.93. The molecule has 1 saturated heterocycles. The van der Waals surface area contributed by atoms with E-state index in [0.717, 1.165) is 0 Å². The van der Waals surface area contributed by atoms with E-state index in [0.29, 0.717) is 13.0 Å². The first-order valence-corrected chi connectivity index (χ1v) is 15.8. The maximum atomic E-state index is 11.5. The standard InChI is InChI=1S/C20H42O5Si2/c1-15(21)23-17-13-16(25-27(11,12)19(5,6)7)20(8,24-17)14-22-26(9,10)18(2,3)4/h16-17H,13-14H2,1-12H3/t16-,17+,20-/m1/s1. The van der Waals surface area contributed by atoms with Crippen LogP contribution >= 0.6 is 0 Å². The maximum absolute atomic E-state index is 11.5. The van der Waals surface area contributed by atoms with Gasteiger partial charge in [-0.3, -0.25) is 4.79 Å². The zero-order valence-electron chi connectivity index (χ0n) is 19.6. The fourth-order valence-corrected chi connectivity index (χ4v) is 4.97. The summed E-state index contributed by atoms with van der Waals surface area (Å²) in [6.45, 7) is 26.2. The molecule has 0 bridgehead atoms. The van der Waals surface area contributed by atoms with Gasteiger partial charge in [0.1, 0.15) is 5.60 Å². The topological polar surface area (TPSA) is 54.0 Å². The first-order chi connectivity index (χ1) is 11.8. The highest BCUT2D eigenvalue weighted by molar-refractivity contribution is 6.74. The molecule has 0 amide bonds. The molecule has 0 spiro atoms. The number of carbonyl (C=O) groups excluding carboxylic acids is 1. The van der Waals surface area contributed by atoms with Crippen LogP contribution in [0.5, 0.6) is 0 Å². The molecule has 1 rings (SSSR count). The van der Waals surface area contributed by atoms with Gasteiger partial charge in [-0.2, -0.15) is 0 Å². The van der Waals surface area contributed by atoms with E-state index in [1.54, 1.807) is 0 Å². The predicted octanol–water partition coefficient (Wildman–Crippen LogP) is 5.47. The van der Waals surface area contributed by atoms with E-state index in [4.69, 9.17) is 18.3 Å². The number of rotatable bonds is 6. The Morgan fingerprint density at radius 3 is 1.93 bits per heavy atom. The van der Waals surface area contributed by atoms with Crippen LogP contribution in [0.25, 0.3) is 0 Å². The minimum atomic E-state index is -2.00.